The van der Waals surface area contributed by atoms with Crippen LogP contribution in [0.1, 0.15) is 39.2 Å². The van der Waals surface area contributed by atoms with Gasteiger partial charge in [-0.05, 0) is 20.8 Å². The van der Waals surface area contributed by atoms with Crippen molar-refractivity contribution in [1.29, 1.82) is 5.26 Å². The zero-order valence-corrected chi connectivity index (χ0v) is 18.3. The highest BCUT2D eigenvalue weighted by molar-refractivity contribution is 7.53. The van der Waals surface area contributed by atoms with Crippen LogP contribution < -0.4 is 5.73 Å². The van der Waals surface area contributed by atoms with Gasteiger partial charge in [0.15, 0.2) is 17.7 Å². The number of carbonyl (C=O) groups excluding carboxylic acids is 1. The third-order valence-electron chi connectivity index (χ3n) is 4.34. The minimum absolute atomic E-state index is 0.0143. The molecule has 0 radical (unpaired) electrons. The van der Waals surface area contributed by atoms with Gasteiger partial charge in [0.2, 0.25) is 5.82 Å². The summed E-state index contributed by atoms with van der Waals surface area (Å²) in [6.07, 6.45) is -1.55. The van der Waals surface area contributed by atoms with Crippen molar-refractivity contribution in [1.82, 2.24) is 19.5 Å². The van der Waals surface area contributed by atoms with E-state index in [0.717, 1.165) is 0 Å². The lowest BCUT2D eigenvalue weighted by Crippen LogP contribution is -2.35. The Morgan fingerprint density at radius 2 is 2.16 bits per heavy atom. The number of aliphatic hydroxyl groups is 1. The van der Waals surface area contributed by atoms with Gasteiger partial charge in [0, 0.05) is 6.42 Å². The van der Waals surface area contributed by atoms with Crippen LogP contribution in [0.2, 0.25) is 0 Å². The molecule has 1 saturated heterocycles. The highest BCUT2D eigenvalue weighted by atomic mass is 31.2. The SMILES string of the molecule is CC(C)(C)OC(=O)C(OC[C@@H]1C[C@@H](O)[C@H](n2cnc3c(N)nc(C#N)nc32)O1)P(=O)(O)O. The average molecular weight is 470 g/mol. The molecular weight excluding hydrogens is 447 g/mol. The molecule has 2 aromatic rings. The van der Waals surface area contributed by atoms with Crippen LogP contribution in [0.5, 0.6) is 0 Å². The van der Waals surface area contributed by atoms with Crippen molar-refractivity contribution in [2.75, 3.05) is 12.3 Å². The van der Waals surface area contributed by atoms with Crippen molar-refractivity contribution >= 4 is 30.5 Å². The van der Waals surface area contributed by atoms with Crippen molar-refractivity contribution in [2.45, 2.75) is 57.1 Å². The van der Waals surface area contributed by atoms with E-state index < -0.39 is 50.1 Å². The fraction of sp³-hybridized carbons (Fsp3) is 0.588. The van der Waals surface area contributed by atoms with Gasteiger partial charge in [-0.25, -0.2) is 9.78 Å². The summed E-state index contributed by atoms with van der Waals surface area (Å²) in [4.78, 5) is 43.1. The van der Waals surface area contributed by atoms with Gasteiger partial charge in [0.25, 0.3) is 5.85 Å². The maximum atomic E-state index is 12.2. The first kappa shape index (κ1) is 24.0. The quantitative estimate of drug-likeness (QED) is 0.318. The molecule has 0 saturated carbocycles. The number of nitriles is 1. The number of rotatable bonds is 6. The second kappa shape index (κ2) is 8.70. The molecule has 2 aromatic heterocycles. The Hall–Kier alpha value is -2.66. The number of carbonyl (C=O) groups is 1. The standard InChI is InChI=1S/C17H23N6O8P/c1-17(2,3)31-15(25)16(32(26,27)28)29-6-8-4-9(24)14(30-8)23-7-20-11-12(19)21-10(5-18)22-13(11)23/h7-9,14,16,24H,4,6H2,1-3H3,(H2,19,21,22)(H2,26,27,28)/t8-,9+,14+,16?/m0/s1. The summed E-state index contributed by atoms with van der Waals surface area (Å²) in [7, 11) is -4.99. The number of nitrogens with zero attached hydrogens (tertiary/aromatic N) is 5. The first-order valence-electron chi connectivity index (χ1n) is 9.43. The number of aromatic nitrogens is 4. The molecule has 0 spiro atoms. The number of anilines is 1. The van der Waals surface area contributed by atoms with E-state index in [1.54, 1.807) is 26.8 Å². The van der Waals surface area contributed by atoms with E-state index in [1.165, 1.54) is 10.9 Å². The monoisotopic (exact) mass is 470 g/mol. The topological polar surface area (TPSA) is 216 Å². The Labute approximate surface area is 182 Å². The van der Waals surface area contributed by atoms with Gasteiger partial charge in [-0.3, -0.25) is 9.13 Å². The largest absolute Gasteiger partial charge is 0.458 e. The van der Waals surface area contributed by atoms with E-state index in [-0.39, 0.29) is 29.2 Å². The van der Waals surface area contributed by atoms with Gasteiger partial charge < -0.3 is 34.8 Å². The van der Waals surface area contributed by atoms with E-state index >= 15 is 0 Å². The fourth-order valence-electron chi connectivity index (χ4n) is 3.12. The first-order valence-corrected chi connectivity index (χ1v) is 11.1. The molecule has 5 N–H and O–H groups in total. The van der Waals surface area contributed by atoms with Crippen LogP contribution >= 0.6 is 7.60 Å². The third-order valence-corrected chi connectivity index (χ3v) is 5.31. The number of fused-ring (bicyclic) bond motifs is 1. The number of nitrogens with two attached hydrogens (primary N) is 1. The Morgan fingerprint density at radius 3 is 2.75 bits per heavy atom. The zero-order valence-electron chi connectivity index (χ0n) is 17.4. The molecule has 15 heteroatoms. The second-order valence-electron chi connectivity index (χ2n) is 8.13. The molecule has 1 unspecified atom stereocenters. The molecule has 174 valence electrons. The molecule has 1 aliphatic heterocycles. The van der Waals surface area contributed by atoms with Crippen molar-refractivity contribution in [3.8, 4) is 6.07 Å². The van der Waals surface area contributed by atoms with Gasteiger partial charge in [0.05, 0.1) is 19.0 Å². The first-order chi connectivity index (χ1) is 14.8. The van der Waals surface area contributed by atoms with E-state index in [2.05, 4.69) is 15.0 Å². The van der Waals surface area contributed by atoms with E-state index in [0.29, 0.717) is 0 Å². The van der Waals surface area contributed by atoms with Gasteiger partial charge in [-0.15, -0.1) is 0 Å². The lowest BCUT2D eigenvalue weighted by Gasteiger charge is -2.25. The molecule has 0 bridgehead atoms. The summed E-state index contributed by atoms with van der Waals surface area (Å²) in [6.45, 7) is 4.24. The van der Waals surface area contributed by atoms with Crippen molar-refractivity contribution in [3.63, 3.8) is 0 Å². The minimum Gasteiger partial charge on any atom is -0.458 e. The number of aliphatic hydroxyl groups excluding tert-OH is 1. The molecule has 0 aromatic carbocycles. The van der Waals surface area contributed by atoms with Crippen molar-refractivity contribution in [3.05, 3.63) is 12.2 Å². The number of hydrogen-bond donors (Lipinski definition) is 4. The number of esters is 1. The summed E-state index contributed by atoms with van der Waals surface area (Å²) < 4.78 is 29.0. The second-order valence-corrected chi connectivity index (χ2v) is 9.78. The average Bonchev–Trinajstić information content (AvgIpc) is 3.22. The highest BCUT2D eigenvalue weighted by Crippen LogP contribution is 2.43. The van der Waals surface area contributed by atoms with Crippen LogP contribution in [-0.2, 0) is 23.6 Å². The van der Waals surface area contributed by atoms with Crippen LogP contribution in [0.15, 0.2) is 6.33 Å². The van der Waals surface area contributed by atoms with Crippen LogP contribution in [0.4, 0.5) is 5.82 Å². The maximum absolute atomic E-state index is 12.2. The number of imidazole rings is 1. The van der Waals surface area contributed by atoms with Crippen LogP contribution in [0.25, 0.3) is 11.2 Å². The lowest BCUT2D eigenvalue weighted by atomic mass is 10.2. The summed E-state index contributed by atoms with van der Waals surface area (Å²) >= 11 is 0. The van der Waals surface area contributed by atoms with E-state index in [1.807, 2.05) is 0 Å². The molecule has 32 heavy (non-hydrogen) atoms. The molecule has 1 aliphatic rings. The molecule has 0 aliphatic carbocycles. The number of nitrogen functional groups attached to an aromatic ring is 1. The molecule has 3 rings (SSSR count). The summed E-state index contributed by atoms with van der Waals surface area (Å²) in [5.74, 6) is -3.55. The van der Waals surface area contributed by atoms with E-state index in [9.17, 15) is 24.3 Å². The summed E-state index contributed by atoms with van der Waals surface area (Å²) in [5.41, 5.74) is 5.18. The normalized spacial score (nSPS) is 22.6. The highest BCUT2D eigenvalue weighted by Gasteiger charge is 2.43. The van der Waals surface area contributed by atoms with Crippen LogP contribution in [0.3, 0.4) is 0 Å². The molecule has 1 fully saturated rings. The molecule has 14 nitrogen and oxygen atoms in total. The summed E-state index contributed by atoms with van der Waals surface area (Å²) in [5, 5.41) is 19.5. The Balaban J connectivity index is 1.75. The van der Waals surface area contributed by atoms with Crippen LogP contribution in [-0.4, -0.2) is 70.6 Å². The third kappa shape index (κ3) is 5.21. The zero-order chi connectivity index (χ0) is 23.8. The maximum Gasteiger partial charge on any atom is 0.365 e. The molecule has 0 amide bonds. The van der Waals surface area contributed by atoms with Crippen molar-refractivity contribution < 1.29 is 38.5 Å². The molecule has 4 atom stereocenters. The minimum atomic E-state index is -4.99. The molecule has 3 heterocycles. The van der Waals surface area contributed by atoms with Crippen LogP contribution in [0, 0.1) is 11.3 Å². The predicted molar refractivity (Wildman–Crippen MR) is 107 cm³/mol. The van der Waals surface area contributed by atoms with Gasteiger partial charge in [-0.2, -0.15) is 15.2 Å². The Bertz CT molecular complexity index is 1100. The predicted octanol–water partition coefficient (Wildman–Crippen LogP) is -0.209. The van der Waals surface area contributed by atoms with Crippen molar-refractivity contribution in [2.24, 2.45) is 0 Å². The van der Waals surface area contributed by atoms with Gasteiger partial charge in [-0.1, -0.05) is 0 Å². The Kier molecular flexibility index (Phi) is 6.52. The smallest absolute Gasteiger partial charge is 0.365 e. The van der Waals surface area contributed by atoms with Gasteiger partial charge in [0.1, 0.15) is 23.3 Å². The number of hydrogen-bond acceptors (Lipinski definition) is 11. The van der Waals surface area contributed by atoms with Gasteiger partial charge >= 0.3 is 13.6 Å². The lowest BCUT2D eigenvalue weighted by molar-refractivity contribution is -0.166. The number of ether oxygens (including phenoxy) is 3. The Morgan fingerprint density at radius 1 is 1.47 bits per heavy atom. The summed E-state index contributed by atoms with van der Waals surface area (Å²) in [6, 6.07) is 1.78. The van der Waals surface area contributed by atoms with E-state index in [4.69, 9.17) is 25.2 Å². The molecular formula is C17H23N6O8P. The fourth-order valence-corrected chi connectivity index (χ4v) is 3.72.